The van der Waals surface area contributed by atoms with E-state index in [-0.39, 0.29) is 30.0 Å². The van der Waals surface area contributed by atoms with Gasteiger partial charge in [-0.15, -0.1) is 0 Å². The molecule has 5 heteroatoms. The van der Waals surface area contributed by atoms with Gasteiger partial charge < -0.3 is 16.2 Å². The Kier molecular flexibility index (Phi) is 4.50. The first-order valence-corrected chi connectivity index (χ1v) is 6.53. The first-order chi connectivity index (χ1) is 9.08. The second kappa shape index (κ2) is 6.12. The molecule has 0 radical (unpaired) electrons. The van der Waals surface area contributed by atoms with Crippen LogP contribution in [0.2, 0.25) is 0 Å². The third kappa shape index (κ3) is 3.52. The van der Waals surface area contributed by atoms with Gasteiger partial charge in [0.1, 0.15) is 5.82 Å². The Morgan fingerprint density at radius 3 is 2.84 bits per heavy atom. The minimum Gasteiger partial charge on any atom is -0.386 e. The van der Waals surface area contributed by atoms with Gasteiger partial charge in [0.05, 0.1) is 6.10 Å². The first kappa shape index (κ1) is 14.0. The van der Waals surface area contributed by atoms with Crippen LogP contribution in [0, 0.1) is 11.7 Å². The van der Waals surface area contributed by atoms with E-state index in [2.05, 4.69) is 5.32 Å². The van der Waals surface area contributed by atoms with Crippen LogP contribution in [0.4, 0.5) is 4.39 Å². The summed E-state index contributed by atoms with van der Waals surface area (Å²) < 4.78 is 13.4. The number of halogens is 1. The summed E-state index contributed by atoms with van der Waals surface area (Å²) in [6.45, 7) is 0.0193. The van der Waals surface area contributed by atoms with Crippen molar-refractivity contribution in [1.29, 1.82) is 0 Å². The van der Waals surface area contributed by atoms with Crippen molar-refractivity contribution in [2.45, 2.75) is 31.4 Å². The molecule has 1 aliphatic carbocycles. The highest BCUT2D eigenvalue weighted by atomic mass is 19.1. The molecule has 1 fully saturated rings. The average molecular weight is 266 g/mol. The first-order valence-electron chi connectivity index (χ1n) is 6.53. The highest BCUT2D eigenvalue weighted by Gasteiger charge is 2.28. The van der Waals surface area contributed by atoms with E-state index >= 15 is 0 Å². The van der Waals surface area contributed by atoms with Crippen molar-refractivity contribution in [3.63, 3.8) is 0 Å². The average Bonchev–Trinajstić information content (AvgIpc) is 2.83. The molecule has 104 valence electrons. The van der Waals surface area contributed by atoms with E-state index < -0.39 is 11.9 Å². The Morgan fingerprint density at radius 1 is 1.47 bits per heavy atom. The molecule has 0 saturated heterocycles. The molecule has 0 bridgehead atoms. The monoisotopic (exact) mass is 266 g/mol. The molecule has 1 aromatic carbocycles. The van der Waals surface area contributed by atoms with Crippen LogP contribution < -0.4 is 11.1 Å². The Labute approximate surface area is 111 Å². The molecule has 1 amide bonds. The van der Waals surface area contributed by atoms with Gasteiger partial charge in [-0.1, -0.05) is 18.2 Å². The maximum absolute atomic E-state index is 13.4. The maximum atomic E-state index is 13.4. The molecule has 3 unspecified atom stereocenters. The van der Waals surface area contributed by atoms with Gasteiger partial charge in [-0.2, -0.15) is 0 Å². The molecule has 3 atom stereocenters. The van der Waals surface area contributed by atoms with Crippen molar-refractivity contribution < 1.29 is 14.3 Å². The Morgan fingerprint density at radius 2 is 2.21 bits per heavy atom. The van der Waals surface area contributed by atoms with E-state index in [0.29, 0.717) is 6.42 Å². The summed E-state index contributed by atoms with van der Waals surface area (Å²) in [4.78, 5) is 11.8. The molecule has 1 aliphatic rings. The second-order valence-corrected chi connectivity index (χ2v) is 5.05. The summed E-state index contributed by atoms with van der Waals surface area (Å²) in [5.74, 6) is -0.654. The largest absolute Gasteiger partial charge is 0.386 e. The quantitative estimate of drug-likeness (QED) is 0.764. The van der Waals surface area contributed by atoms with Gasteiger partial charge in [-0.3, -0.25) is 4.79 Å². The third-order valence-electron chi connectivity index (χ3n) is 3.58. The molecule has 0 aromatic heterocycles. The SMILES string of the molecule is NC1CCC(C(=O)NCC(O)c2ccccc2F)C1. The van der Waals surface area contributed by atoms with Crippen molar-refractivity contribution in [2.24, 2.45) is 11.7 Å². The van der Waals surface area contributed by atoms with Crippen LogP contribution in [0.5, 0.6) is 0 Å². The van der Waals surface area contributed by atoms with E-state index in [0.717, 1.165) is 12.8 Å². The molecule has 0 heterocycles. The zero-order valence-corrected chi connectivity index (χ0v) is 10.7. The number of carbonyl (C=O) groups excluding carboxylic acids is 1. The van der Waals surface area contributed by atoms with E-state index in [9.17, 15) is 14.3 Å². The smallest absolute Gasteiger partial charge is 0.223 e. The highest BCUT2D eigenvalue weighted by molar-refractivity contribution is 5.79. The summed E-state index contributed by atoms with van der Waals surface area (Å²) in [6.07, 6.45) is 1.29. The van der Waals surface area contributed by atoms with Crippen LogP contribution in [-0.2, 0) is 4.79 Å². The topological polar surface area (TPSA) is 75.4 Å². The van der Waals surface area contributed by atoms with Gasteiger partial charge in [0.2, 0.25) is 5.91 Å². The Hall–Kier alpha value is -1.46. The van der Waals surface area contributed by atoms with Crippen molar-refractivity contribution in [3.8, 4) is 0 Å². The van der Waals surface area contributed by atoms with Crippen molar-refractivity contribution in [2.75, 3.05) is 6.54 Å². The van der Waals surface area contributed by atoms with Crippen LogP contribution in [-0.4, -0.2) is 23.6 Å². The van der Waals surface area contributed by atoms with Crippen LogP contribution in [0.25, 0.3) is 0 Å². The summed E-state index contributed by atoms with van der Waals surface area (Å²) in [7, 11) is 0. The predicted molar refractivity (Wildman–Crippen MR) is 69.7 cm³/mol. The number of rotatable bonds is 4. The van der Waals surface area contributed by atoms with Gasteiger partial charge in [0, 0.05) is 24.1 Å². The highest BCUT2D eigenvalue weighted by Crippen LogP contribution is 2.24. The number of benzene rings is 1. The molecular weight excluding hydrogens is 247 g/mol. The lowest BCUT2D eigenvalue weighted by atomic mass is 10.1. The molecule has 4 N–H and O–H groups in total. The zero-order valence-electron chi connectivity index (χ0n) is 10.7. The summed E-state index contributed by atoms with van der Waals surface area (Å²) in [5.41, 5.74) is 5.95. The van der Waals surface area contributed by atoms with E-state index in [4.69, 9.17) is 5.73 Å². The van der Waals surface area contributed by atoms with E-state index in [1.807, 2.05) is 0 Å². The van der Waals surface area contributed by atoms with Crippen molar-refractivity contribution in [3.05, 3.63) is 35.6 Å². The standard InChI is InChI=1S/C14H19FN2O2/c15-12-4-2-1-3-11(12)13(18)8-17-14(19)9-5-6-10(16)7-9/h1-4,9-10,13,18H,5-8,16H2,(H,17,19). The molecule has 19 heavy (non-hydrogen) atoms. The fourth-order valence-electron chi connectivity index (χ4n) is 2.45. The third-order valence-corrected chi connectivity index (χ3v) is 3.58. The normalized spacial score (nSPS) is 24.2. The number of aliphatic hydroxyl groups excluding tert-OH is 1. The van der Waals surface area contributed by atoms with Gasteiger partial charge in [0.25, 0.3) is 0 Å². The molecule has 1 saturated carbocycles. The molecule has 1 aromatic rings. The molecule has 0 spiro atoms. The number of nitrogens with one attached hydrogen (secondary N) is 1. The van der Waals surface area contributed by atoms with E-state index in [1.165, 1.54) is 12.1 Å². The van der Waals surface area contributed by atoms with Gasteiger partial charge in [0.15, 0.2) is 0 Å². The zero-order chi connectivity index (χ0) is 13.8. The van der Waals surface area contributed by atoms with Gasteiger partial charge in [-0.25, -0.2) is 4.39 Å². The van der Waals surface area contributed by atoms with Crippen LogP contribution in [0.1, 0.15) is 30.9 Å². The van der Waals surface area contributed by atoms with Crippen LogP contribution in [0.15, 0.2) is 24.3 Å². The fourth-order valence-corrected chi connectivity index (χ4v) is 2.45. The summed E-state index contributed by atoms with van der Waals surface area (Å²) >= 11 is 0. The van der Waals surface area contributed by atoms with Crippen molar-refractivity contribution in [1.82, 2.24) is 5.32 Å². The minimum atomic E-state index is -1.03. The summed E-state index contributed by atoms with van der Waals surface area (Å²) in [6, 6.07) is 6.10. The number of aliphatic hydroxyl groups is 1. The Balaban J connectivity index is 1.85. The predicted octanol–water partition coefficient (Wildman–Crippen LogP) is 1.10. The molecular formula is C14H19FN2O2. The minimum absolute atomic E-state index is 0.0193. The number of carbonyl (C=O) groups is 1. The number of hydrogen-bond acceptors (Lipinski definition) is 3. The van der Waals surface area contributed by atoms with Crippen molar-refractivity contribution >= 4 is 5.91 Å². The van der Waals surface area contributed by atoms with E-state index in [1.54, 1.807) is 12.1 Å². The molecule has 4 nitrogen and oxygen atoms in total. The fraction of sp³-hybridized carbons (Fsp3) is 0.500. The lowest BCUT2D eigenvalue weighted by molar-refractivity contribution is -0.125. The Bertz CT molecular complexity index is 453. The number of hydrogen-bond donors (Lipinski definition) is 3. The lowest BCUT2D eigenvalue weighted by Gasteiger charge is -2.15. The van der Waals surface area contributed by atoms with Gasteiger partial charge in [-0.05, 0) is 25.3 Å². The van der Waals surface area contributed by atoms with Crippen LogP contribution in [0.3, 0.4) is 0 Å². The van der Waals surface area contributed by atoms with Crippen LogP contribution >= 0.6 is 0 Å². The maximum Gasteiger partial charge on any atom is 0.223 e. The number of amides is 1. The summed E-state index contributed by atoms with van der Waals surface area (Å²) in [5, 5.41) is 12.5. The molecule has 2 rings (SSSR count). The number of nitrogens with two attached hydrogens (primary N) is 1. The second-order valence-electron chi connectivity index (χ2n) is 5.05. The molecule has 0 aliphatic heterocycles. The van der Waals surface area contributed by atoms with Gasteiger partial charge >= 0.3 is 0 Å². The lowest BCUT2D eigenvalue weighted by Crippen LogP contribution is -2.33.